The molecule has 26 heavy (non-hydrogen) atoms. The van der Waals surface area contributed by atoms with Gasteiger partial charge in [0.25, 0.3) is 0 Å². The largest absolute Gasteiger partial charge is 0.442 e. The van der Waals surface area contributed by atoms with Crippen LogP contribution in [0.5, 0.6) is 0 Å². The van der Waals surface area contributed by atoms with Crippen molar-refractivity contribution in [1.29, 1.82) is 0 Å². The Morgan fingerprint density at radius 2 is 2.23 bits per heavy atom. The number of thiocarbonyl (C=S) groups is 1. The van der Waals surface area contributed by atoms with Crippen LogP contribution in [0.15, 0.2) is 18.2 Å². The number of carbonyl (C=O) groups is 1. The van der Waals surface area contributed by atoms with E-state index in [-0.39, 0.29) is 18.0 Å². The number of hydrogen-bond acceptors (Lipinski definition) is 5. The van der Waals surface area contributed by atoms with Gasteiger partial charge in [0.05, 0.1) is 29.5 Å². The van der Waals surface area contributed by atoms with Crippen LogP contribution in [0.3, 0.4) is 0 Å². The van der Waals surface area contributed by atoms with Crippen LogP contribution in [-0.2, 0) is 4.74 Å². The quantitative estimate of drug-likeness (QED) is 0.782. The first-order chi connectivity index (χ1) is 12.4. The van der Waals surface area contributed by atoms with Crippen molar-refractivity contribution < 1.29 is 13.9 Å². The molecule has 1 aromatic carbocycles. The molecule has 8 heteroatoms. The number of halogens is 1. The van der Waals surface area contributed by atoms with E-state index in [4.69, 9.17) is 22.7 Å². The standard InChI is InChI=1S/C18H25FN4O2S/c1-12(26)21-9-15-11-23(18(24)25-15)14-5-6-17(16(19)8-14)22-7-3-2-4-13(20)10-22/h5-6,8,13,15H,2-4,7,9-11,20H2,1H3,(H,21,26)/t13-,15-/m0/s1. The summed E-state index contributed by atoms with van der Waals surface area (Å²) < 4.78 is 20.0. The van der Waals surface area contributed by atoms with Crippen molar-refractivity contribution in [3.63, 3.8) is 0 Å². The molecule has 0 radical (unpaired) electrons. The van der Waals surface area contributed by atoms with Crippen molar-refractivity contribution in [2.75, 3.05) is 36.0 Å². The average Bonchev–Trinajstić information content (AvgIpc) is 2.82. The van der Waals surface area contributed by atoms with Crippen LogP contribution in [0.2, 0.25) is 0 Å². The Kier molecular flexibility index (Phi) is 5.93. The van der Waals surface area contributed by atoms with E-state index >= 15 is 0 Å². The second kappa shape index (κ2) is 8.18. The third kappa shape index (κ3) is 4.42. The Morgan fingerprint density at radius 1 is 1.42 bits per heavy atom. The molecule has 2 fully saturated rings. The molecule has 2 aliphatic heterocycles. The lowest BCUT2D eigenvalue weighted by Gasteiger charge is -2.26. The first-order valence-corrected chi connectivity index (χ1v) is 9.37. The molecular formula is C18H25FN4O2S. The number of nitrogens with two attached hydrogens (primary N) is 1. The Balaban J connectivity index is 1.71. The molecule has 6 nitrogen and oxygen atoms in total. The molecule has 3 rings (SSSR count). The van der Waals surface area contributed by atoms with Crippen molar-refractivity contribution in [3.8, 4) is 0 Å². The summed E-state index contributed by atoms with van der Waals surface area (Å²) in [6.45, 7) is 4.02. The fourth-order valence-electron chi connectivity index (χ4n) is 3.41. The Morgan fingerprint density at radius 3 is 2.96 bits per heavy atom. The zero-order valence-electron chi connectivity index (χ0n) is 14.9. The summed E-state index contributed by atoms with van der Waals surface area (Å²) in [5.74, 6) is -0.347. The Bertz CT molecular complexity index is 687. The fourth-order valence-corrected chi connectivity index (χ4v) is 3.49. The van der Waals surface area contributed by atoms with E-state index in [0.717, 1.165) is 25.8 Å². The fraction of sp³-hybridized carbons (Fsp3) is 0.556. The van der Waals surface area contributed by atoms with Crippen LogP contribution in [-0.4, -0.2) is 49.4 Å². The summed E-state index contributed by atoms with van der Waals surface area (Å²) in [6, 6.07) is 4.94. The summed E-state index contributed by atoms with van der Waals surface area (Å²) in [5.41, 5.74) is 7.11. The Labute approximate surface area is 158 Å². The Hall–Kier alpha value is -1.93. The number of nitrogens with zero attached hydrogens (tertiary/aromatic N) is 2. The van der Waals surface area contributed by atoms with Crippen LogP contribution in [0.4, 0.5) is 20.6 Å². The van der Waals surface area contributed by atoms with E-state index in [0.29, 0.717) is 36.0 Å². The number of nitrogens with one attached hydrogen (secondary N) is 1. The summed E-state index contributed by atoms with van der Waals surface area (Å²) >= 11 is 4.97. The molecule has 0 unspecified atom stereocenters. The molecule has 2 saturated heterocycles. The number of hydrogen-bond donors (Lipinski definition) is 2. The lowest BCUT2D eigenvalue weighted by Crippen LogP contribution is -2.36. The summed E-state index contributed by atoms with van der Waals surface area (Å²) in [7, 11) is 0. The SMILES string of the molecule is CC(=S)NC[C@H]1CN(c2ccc(N3CCCC[C@H](N)C3)c(F)c2)C(=O)O1. The number of cyclic esters (lactones) is 1. The van der Waals surface area contributed by atoms with E-state index in [1.54, 1.807) is 19.1 Å². The van der Waals surface area contributed by atoms with Crippen molar-refractivity contribution in [2.45, 2.75) is 38.3 Å². The number of anilines is 2. The second-order valence-corrected chi connectivity index (χ2v) is 7.50. The van der Waals surface area contributed by atoms with Crippen LogP contribution in [0, 0.1) is 5.82 Å². The second-order valence-electron chi connectivity index (χ2n) is 6.89. The summed E-state index contributed by atoms with van der Waals surface area (Å²) in [5, 5.41) is 2.99. The molecule has 0 aromatic heterocycles. The summed E-state index contributed by atoms with van der Waals surface area (Å²) in [4.78, 5) is 16.2. The van der Waals surface area contributed by atoms with E-state index in [1.165, 1.54) is 11.0 Å². The van der Waals surface area contributed by atoms with E-state index in [9.17, 15) is 9.18 Å². The molecule has 3 N–H and O–H groups in total. The van der Waals surface area contributed by atoms with Crippen molar-refractivity contribution in [3.05, 3.63) is 24.0 Å². The smallest absolute Gasteiger partial charge is 0.414 e. The third-order valence-electron chi connectivity index (χ3n) is 4.74. The molecule has 2 heterocycles. The van der Waals surface area contributed by atoms with Gasteiger partial charge in [0.15, 0.2) is 0 Å². The van der Waals surface area contributed by atoms with Crippen LogP contribution < -0.4 is 20.9 Å². The minimum atomic E-state index is -0.470. The predicted octanol–water partition coefficient (Wildman–Crippen LogP) is 2.41. The number of rotatable bonds is 4. The average molecular weight is 380 g/mol. The van der Waals surface area contributed by atoms with Crippen molar-refractivity contribution >= 4 is 34.7 Å². The molecule has 1 aromatic rings. The van der Waals surface area contributed by atoms with Crippen LogP contribution in [0.1, 0.15) is 26.2 Å². The topological polar surface area (TPSA) is 70.8 Å². The lowest BCUT2D eigenvalue weighted by atomic mass is 10.1. The first kappa shape index (κ1) is 18.8. The van der Waals surface area contributed by atoms with Gasteiger partial charge in [-0.3, -0.25) is 4.90 Å². The van der Waals surface area contributed by atoms with E-state index in [1.807, 2.05) is 4.90 Å². The maximum atomic E-state index is 14.7. The number of benzene rings is 1. The zero-order valence-corrected chi connectivity index (χ0v) is 15.7. The van der Waals surface area contributed by atoms with E-state index < -0.39 is 6.09 Å². The molecule has 2 atom stereocenters. The van der Waals surface area contributed by atoms with Gasteiger partial charge in [-0.05, 0) is 38.0 Å². The first-order valence-electron chi connectivity index (χ1n) is 8.96. The highest BCUT2D eigenvalue weighted by Crippen LogP contribution is 2.29. The van der Waals surface area contributed by atoms with Crippen molar-refractivity contribution in [2.24, 2.45) is 5.73 Å². The van der Waals surface area contributed by atoms with Gasteiger partial charge >= 0.3 is 6.09 Å². The number of amides is 1. The monoisotopic (exact) mass is 380 g/mol. The minimum Gasteiger partial charge on any atom is -0.442 e. The number of ether oxygens (including phenoxy) is 1. The van der Waals surface area contributed by atoms with Crippen LogP contribution in [0.25, 0.3) is 0 Å². The van der Waals surface area contributed by atoms with Gasteiger partial charge < -0.3 is 20.7 Å². The molecular weight excluding hydrogens is 355 g/mol. The van der Waals surface area contributed by atoms with Gasteiger partial charge in [-0.15, -0.1) is 0 Å². The van der Waals surface area contributed by atoms with Crippen LogP contribution >= 0.6 is 12.2 Å². The maximum absolute atomic E-state index is 14.7. The molecule has 0 aliphatic carbocycles. The van der Waals surface area contributed by atoms with E-state index in [2.05, 4.69) is 5.32 Å². The maximum Gasteiger partial charge on any atom is 0.414 e. The predicted molar refractivity (Wildman–Crippen MR) is 104 cm³/mol. The molecule has 0 spiro atoms. The van der Waals surface area contributed by atoms with Gasteiger partial charge in [-0.1, -0.05) is 18.6 Å². The normalized spacial score (nSPS) is 23.6. The zero-order chi connectivity index (χ0) is 18.7. The molecule has 142 valence electrons. The van der Waals surface area contributed by atoms with Gasteiger partial charge in [-0.25, -0.2) is 9.18 Å². The molecule has 1 amide bonds. The van der Waals surface area contributed by atoms with Gasteiger partial charge in [-0.2, -0.15) is 0 Å². The molecule has 2 aliphatic rings. The molecule has 0 bridgehead atoms. The highest BCUT2D eigenvalue weighted by atomic mass is 32.1. The van der Waals surface area contributed by atoms with Gasteiger partial charge in [0.1, 0.15) is 11.9 Å². The highest BCUT2D eigenvalue weighted by molar-refractivity contribution is 7.80. The van der Waals surface area contributed by atoms with Gasteiger partial charge in [0.2, 0.25) is 0 Å². The number of carbonyl (C=O) groups excluding carboxylic acids is 1. The minimum absolute atomic E-state index is 0.0584. The summed E-state index contributed by atoms with van der Waals surface area (Å²) in [6.07, 6.45) is 2.25. The van der Waals surface area contributed by atoms with Gasteiger partial charge in [0, 0.05) is 19.1 Å². The lowest BCUT2D eigenvalue weighted by molar-refractivity contribution is 0.143. The van der Waals surface area contributed by atoms with Crippen molar-refractivity contribution in [1.82, 2.24) is 5.32 Å². The molecule has 0 saturated carbocycles. The highest BCUT2D eigenvalue weighted by Gasteiger charge is 2.32. The third-order valence-corrected chi connectivity index (χ3v) is 4.89.